The lowest BCUT2D eigenvalue weighted by molar-refractivity contribution is -0.182. The minimum Gasteiger partial charge on any atom is -0.372 e. The Bertz CT molecular complexity index is 493. The van der Waals surface area contributed by atoms with Crippen LogP contribution in [0.1, 0.15) is 55.3 Å². The molecule has 3 rings (SSSR count). The van der Waals surface area contributed by atoms with E-state index in [1.54, 1.807) is 0 Å². The van der Waals surface area contributed by atoms with Gasteiger partial charge in [0, 0.05) is 18.4 Å². The Morgan fingerprint density at radius 2 is 2.18 bits per heavy atom. The number of carbonyl (C=O) groups is 1. The zero-order chi connectivity index (χ0) is 17.1. The molecule has 126 valence electrons. The number of carbonyl (C=O) groups excluding carboxylic acids is 1. The number of hydrogen-bond donors (Lipinski definition) is 1. The van der Waals surface area contributed by atoms with E-state index in [4.69, 9.17) is 15.6 Å². The average Bonchev–Trinajstić information content (AvgIpc) is 2.74. The molecule has 0 aromatic carbocycles. The van der Waals surface area contributed by atoms with Gasteiger partial charge >= 0.3 is 0 Å². The van der Waals surface area contributed by atoms with E-state index in [0.717, 1.165) is 19.3 Å². The van der Waals surface area contributed by atoms with Crippen molar-refractivity contribution in [1.29, 1.82) is 0 Å². The van der Waals surface area contributed by atoms with Gasteiger partial charge in [-0.2, -0.15) is 0 Å². The van der Waals surface area contributed by atoms with Gasteiger partial charge in [-0.05, 0) is 47.5 Å². The third-order valence-corrected chi connectivity index (χ3v) is 5.05. The number of amides is 1. The highest BCUT2D eigenvalue weighted by Crippen LogP contribution is 2.74. The Hall–Kier alpha value is -0.650. The molecule has 0 spiro atoms. The molecular formula is C17H29NO4. The summed E-state index contributed by atoms with van der Waals surface area (Å²) in [5, 5.41) is 2.83. The Morgan fingerprint density at radius 3 is 2.77 bits per heavy atom. The molecule has 2 aliphatic carbocycles. The largest absolute Gasteiger partial charge is 0.372 e. The highest BCUT2D eigenvalue weighted by atomic mass is 16.6. The molecule has 5 nitrogen and oxygen atoms in total. The second-order valence-corrected chi connectivity index (χ2v) is 8.35. The summed E-state index contributed by atoms with van der Waals surface area (Å²) in [5.74, 6) is 0. The minimum absolute atomic E-state index is 0.0620. The fourth-order valence-corrected chi connectivity index (χ4v) is 4.73. The van der Waals surface area contributed by atoms with Crippen LogP contribution in [0.4, 0.5) is 0 Å². The van der Waals surface area contributed by atoms with Gasteiger partial charge in [0.05, 0.1) is 19.7 Å². The Morgan fingerprint density at radius 1 is 1.45 bits per heavy atom. The van der Waals surface area contributed by atoms with Gasteiger partial charge in [0.25, 0.3) is 0 Å². The lowest BCUT2D eigenvalue weighted by Gasteiger charge is -2.39. The molecule has 0 radical (unpaired) electrons. The molecule has 2 saturated carbocycles. The van der Waals surface area contributed by atoms with Gasteiger partial charge < -0.3 is 19.5 Å². The maximum atomic E-state index is 10.8. The average molecular weight is 313 g/mol. The van der Waals surface area contributed by atoms with E-state index in [9.17, 15) is 4.79 Å². The molecule has 3 fully saturated rings. The number of hydrogen-bond acceptors (Lipinski definition) is 4. The van der Waals surface area contributed by atoms with Crippen LogP contribution in [0.2, 0.25) is 0 Å². The maximum Gasteiger partial charge on any atom is 0.207 e. The molecule has 0 bridgehead atoms. The van der Waals surface area contributed by atoms with Crippen LogP contribution < -0.4 is 5.32 Å². The van der Waals surface area contributed by atoms with Crippen LogP contribution in [0.3, 0.4) is 0 Å². The molecule has 0 aromatic rings. The smallest absolute Gasteiger partial charge is 0.207 e. The molecular weight excluding hydrogens is 282 g/mol. The van der Waals surface area contributed by atoms with Crippen LogP contribution in [0.15, 0.2) is 0 Å². The van der Waals surface area contributed by atoms with Crippen molar-refractivity contribution in [3.05, 3.63) is 0 Å². The normalized spacial score (nSPS) is 47.1. The summed E-state index contributed by atoms with van der Waals surface area (Å²) in [4.78, 5) is 10.8. The number of rotatable bonds is 6. The monoisotopic (exact) mass is 313 g/mol. The van der Waals surface area contributed by atoms with Crippen LogP contribution in [0.5, 0.6) is 0 Å². The van der Waals surface area contributed by atoms with E-state index in [1.165, 1.54) is 0 Å². The van der Waals surface area contributed by atoms with Gasteiger partial charge in [0.2, 0.25) is 6.41 Å². The fraction of sp³-hybridized carbons (Fsp3) is 0.941. The first kappa shape index (κ1) is 14.9. The van der Waals surface area contributed by atoms with Gasteiger partial charge in [-0.25, -0.2) is 0 Å². The van der Waals surface area contributed by atoms with E-state index < -0.39 is 17.8 Å². The van der Waals surface area contributed by atoms with Crippen molar-refractivity contribution in [2.75, 3.05) is 13.1 Å². The summed E-state index contributed by atoms with van der Waals surface area (Å²) in [5.41, 5.74) is -1.41. The first-order valence-electron chi connectivity index (χ1n) is 8.79. The molecule has 0 unspecified atom stereocenters. The van der Waals surface area contributed by atoms with Crippen molar-refractivity contribution in [1.82, 2.24) is 5.32 Å². The van der Waals surface area contributed by atoms with E-state index in [1.807, 2.05) is 34.6 Å². The lowest BCUT2D eigenvalue weighted by Crippen LogP contribution is -2.49. The van der Waals surface area contributed by atoms with Gasteiger partial charge in [-0.1, -0.05) is 0 Å². The Kier molecular flexibility index (Phi) is 3.34. The predicted octanol–water partition coefficient (Wildman–Crippen LogP) is 2.03. The van der Waals surface area contributed by atoms with Crippen molar-refractivity contribution < 1.29 is 20.4 Å². The van der Waals surface area contributed by atoms with Gasteiger partial charge in [0.15, 0.2) is 0 Å². The zero-order valence-electron chi connectivity index (χ0n) is 15.3. The van der Waals surface area contributed by atoms with Crippen LogP contribution >= 0.6 is 0 Å². The van der Waals surface area contributed by atoms with E-state index >= 15 is 0 Å². The second-order valence-electron chi connectivity index (χ2n) is 8.35. The van der Waals surface area contributed by atoms with Crippen molar-refractivity contribution in [2.45, 2.75) is 82.9 Å². The van der Waals surface area contributed by atoms with Crippen molar-refractivity contribution in [2.24, 2.45) is 5.41 Å². The molecule has 22 heavy (non-hydrogen) atoms. The van der Waals surface area contributed by atoms with Crippen LogP contribution in [0.25, 0.3) is 0 Å². The summed E-state index contributed by atoms with van der Waals surface area (Å²) in [6.07, 6.45) is 2.74. The summed E-state index contributed by atoms with van der Waals surface area (Å²) in [6.45, 7) is 10.1. The molecule has 5 heteroatoms. The topological polar surface area (TPSA) is 56.8 Å². The first-order chi connectivity index (χ1) is 10.6. The number of ether oxygens (including phenoxy) is 3. The summed E-state index contributed by atoms with van der Waals surface area (Å²) in [6, 6.07) is 0. The number of nitrogens with one attached hydrogen (secondary N) is 1. The van der Waals surface area contributed by atoms with Crippen LogP contribution in [-0.4, -0.2) is 48.5 Å². The van der Waals surface area contributed by atoms with Gasteiger partial charge in [0.1, 0.15) is 17.3 Å². The fourth-order valence-electron chi connectivity index (χ4n) is 4.73. The third kappa shape index (κ3) is 2.29. The number of fused-ring (bicyclic) bond motifs is 3. The lowest BCUT2D eigenvalue weighted by atomic mass is 9.89. The van der Waals surface area contributed by atoms with Gasteiger partial charge in [-0.15, -0.1) is 0 Å². The summed E-state index contributed by atoms with van der Waals surface area (Å²) < 4.78 is 26.9. The minimum atomic E-state index is -0.576. The quantitative estimate of drug-likeness (QED) is 0.762. The molecule has 1 N–H and O–H groups in total. The van der Waals surface area contributed by atoms with Crippen LogP contribution in [-0.2, 0) is 19.0 Å². The summed E-state index contributed by atoms with van der Waals surface area (Å²) in [7, 11) is 0. The highest BCUT2D eigenvalue weighted by Gasteiger charge is 2.84. The molecule has 1 amide bonds. The molecule has 5 atom stereocenters. The molecule has 1 saturated heterocycles. The van der Waals surface area contributed by atoms with Gasteiger partial charge in [-0.3, -0.25) is 4.79 Å². The first-order valence-corrected chi connectivity index (χ1v) is 8.21. The van der Waals surface area contributed by atoms with Crippen LogP contribution in [0, 0.1) is 5.41 Å². The standard InChI is InChI=1S/C17H29NO4/c1-12(2)21-17-9-15(17,10-18-11-19)8-16(22-14(3,4)5)6-7-20-13(16)17/h11-13H,6-10H2,1-5H3,(H,18,19)/t13-,15+,16+,17-/m0/s1/i7T/t7-,13-,15+,16+,17-. The Labute approximate surface area is 134 Å². The maximum absolute atomic E-state index is 10.8. The van der Waals surface area contributed by atoms with E-state index in [-0.39, 0.29) is 23.2 Å². The molecule has 3 aliphatic rings. The zero-order valence-corrected chi connectivity index (χ0v) is 14.3. The molecule has 1 heterocycles. The third-order valence-electron chi connectivity index (χ3n) is 5.05. The second kappa shape index (κ2) is 4.92. The molecule has 1 aliphatic heterocycles. The predicted molar refractivity (Wildman–Crippen MR) is 82.6 cm³/mol. The van der Waals surface area contributed by atoms with E-state index in [0.29, 0.717) is 13.0 Å². The Balaban J connectivity index is 1.94. The molecule has 0 aromatic heterocycles. The van der Waals surface area contributed by atoms with E-state index in [2.05, 4.69) is 5.32 Å². The highest BCUT2D eigenvalue weighted by molar-refractivity contribution is 5.47. The van der Waals surface area contributed by atoms with Crippen molar-refractivity contribution in [3.63, 3.8) is 0 Å². The van der Waals surface area contributed by atoms with Crippen molar-refractivity contribution >= 4 is 6.41 Å². The SMILES string of the molecule is [3H][C@H]1C[C@@]2(OC(C)(C)C)C[C@]3(CNC=O)C[C@]3(OC(C)C)[C@H]2O1. The summed E-state index contributed by atoms with van der Waals surface area (Å²) >= 11 is 0. The van der Waals surface area contributed by atoms with Crippen molar-refractivity contribution in [3.8, 4) is 0 Å².